The molecule has 2 N–H and O–H groups in total. The number of likely N-dealkylation sites (tertiary alicyclic amines) is 1. The molecule has 0 aromatic heterocycles. The van der Waals surface area contributed by atoms with E-state index in [1.807, 2.05) is 0 Å². The van der Waals surface area contributed by atoms with Crippen molar-refractivity contribution < 1.29 is 0 Å². The zero-order valence-electron chi connectivity index (χ0n) is 11.2. The quantitative estimate of drug-likeness (QED) is 0.882. The second-order valence-corrected chi connectivity index (χ2v) is 6.02. The van der Waals surface area contributed by atoms with E-state index in [0.29, 0.717) is 5.41 Å². The molecule has 0 spiro atoms. The van der Waals surface area contributed by atoms with Crippen molar-refractivity contribution in [3.8, 4) is 0 Å². The number of hydrogen-bond donors (Lipinski definition) is 1. The van der Waals surface area contributed by atoms with Crippen LogP contribution in [0.4, 0.5) is 0 Å². The normalized spacial score (nSPS) is 22.9. The maximum atomic E-state index is 6.00. The van der Waals surface area contributed by atoms with Crippen molar-refractivity contribution in [2.75, 3.05) is 19.6 Å². The predicted octanol–water partition coefficient (Wildman–Crippen LogP) is 2.66. The van der Waals surface area contributed by atoms with Gasteiger partial charge in [0.2, 0.25) is 0 Å². The summed E-state index contributed by atoms with van der Waals surface area (Å²) in [6, 6.07) is 9.17. The smallest absolute Gasteiger partial charge is 0.0233 e. The molecule has 2 fully saturated rings. The van der Waals surface area contributed by atoms with Gasteiger partial charge in [0, 0.05) is 18.5 Å². The van der Waals surface area contributed by atoms with Gasteiger partial charge in [0.05, 0.1) is 0 Å². The maximum Gasteiger partial charge on any atom is 0.0233 e. The van der Waals surface area contributed by atoms with Crippen LogP contribution in [0.2, 0.25) is 0 Å². The van der Waals surface area contributed by atoms with E-state index >= 15 is 0 Å². The zero-order chi connectivity index (χ0) is 12.4. The molecule has 1 aromatic rings. The summed E-state index contributed by atoms with van der Waals surface area (Å²) in [6.07, 6.45) is 6.62. The molecule has 0 unspecified atom stereocenters. The Bertz CT molecular complexity index is 398. The van der Waals surface area contributed by atoms with E-state index in [1.165, 1.54) is 56.3 Å². The Balaban J connectivity index is 1.76. The third-order valence-corrected chi connectivity index (χ3v) is 4.85. The molecular weight excluding hydrogens is 220 g/mol. The van der Waals surface area contributed by atoms with Crippen LogP contribution in [0.3, 0.4) is 0 Å². The molecule has 18 heavy (non-hydrogen) atoms. The van der Waals surface area contributed by atoms with Gasteiger partial charge in [-0.2, -0.15) is 0 Å². The van der Waals surface area contributed by atoms with Gasteiger partial charge in [0.25, 0.3) is 0 Å². The zero-order valence-corrected chi connectivity index (χ0v) is 11.2. The van der Waals surface area contributed by atoms with Gasteiger partial charge in [-0.1, -0.05) is 30.7 Å². The molecule has 0 bridgehead atoms. The van der Waals surface area contributed by atoms with Gasteiger partial charge in [0.1, 0.15) is 0 Å². The minimum Gasteiger partial charge on any atom is -0.330 e. The lowest BCUT2D eigenvalue weighted by atomic mass is 9.64. The van der Waals surface area contributed by atoms with Crippen molar-refractivity contribution in [2.24, 2.45) is 5.73 Å². The molecule has 2 aliphatic rings. The first kappa shape index (κ1) is 12.2. The molecule has 1 heterocycles. The van der Waals surface area contributed by atoms with E-state index in [9.17, 15) is 0 Å². The fraction of sp³-hybridized carbons (Fsp3) is 0.625. The predicted molar refractivity (Wildman–Crippen MR) is 75.5 cm³/mol. The Morgan fingerprint density at radius 2 is 1.89 bits per heavy atom. The van der Waals surface area contributed by atoms with Crippen LogP contribution in [0.5, 0.6) is 0 Å². The third-order valence-electron chi connectivity index (χ3n) is 4.85. The molecule has 0 amide bonds. The Morgan fingerprint density at radius 3 is 2.50 bits per heavy atom. The minimum atomic E-state index is 0.307. The first-order chi connectivity index (χ1) is 8.82. The third kappa shape index (κ3) is 2.19. The van der Waals surface area contributed by atoms with Crippen LogP contribution in [0.1, 0.15) is 43.2 Å². The minimum absolute atomic E-state index is 0.307. The molecule has 1 aliphatic carbocycles. The molecule has 2 heteroatoms. The van der Waals surface area contributed by atoms with E-state index in [4.69, 9.17) is 5.73 Å². The fourth-order valence-corrected chi connectivity index (χ4v) is 3.41. The lowest BCUT2D eigenvalue weighted by Gasteiger charge is -2.41. The Labute approximate surface area is 110 Å². The van der Waals surface area contributed by atoms with Gasteiger partial charge in [-0.25, -0.2) is 0 Å². The summed E-state index contributed by atoms with van der Waals surface area (Å²) < 4.78 is 0. The largest absolute Gasteiger partial charge is 0.330 e. The van der Waals surface area contributed by atoms with Crippen molar-refractivity contribution >= 4 is 0 Å². The van der Waals surface area contributed by atoms with Gasteiger partial charge in [-0.15, -0.1) is 0 Å². The Kier molecular flexibility index (Phi) is 3.40. The van der Waals surface area contributed by atoms with Crippen LogP contribution in [-0.4, -0.2) is 24.5 Å². The number of hydrogen-bond acceptors (Lipinski definition) is 2. The molecule has 1 aromatic carbocycles. The lowest BCUT2D eigenvalue weighted by molar-refractivity contribution is 0.252. The highest BCUT2D eigenvalue weighted by molar-refractivity contribution is 5.32. The van der Waals surface area contributed by atoms with Crippen molar-refractivity contribution in [3.05, 3.63) is 35.4 Å². The number of nitrogens with zero attached hydrogens (tertiary/aromatic N) is 1. The lowest BCUT2D eigenvalue weighted by Crippen LogP contribution is -2.41. The van der Waals surface area contributed by atoms with Crippen molar-refractivity contribution in [3.63, 3.8) is 0 Å². The number of benzene rings is 1. The second-order valence-electron chi connectivity index (χ2n) is 6.02. The highest BCUT2D eigenvalue weighted by Gasteiger charge is 2.37. The van der Waals surface area contributed by atoms with E-state index in [-0.39, 0.29) is 0 Å². The average molecular weight is 244 g/mol. The van der Waals surface area contributed by atoms with Crippen LogP contribution in [0, 0.1) is 0 Å². The summed E-state index contributed by atoms with van der Waals surface area (Å²) >= 11 is 0. The molecule has 1 aliphatic heterocycles. The number of rotatable bonds is 4. The first-order valence-corrected chi connectivity index (χ1v) is 7.34. The molecule has 0 radical (unpaired) electrons. The van der Waals surface area contributed by atoms with Crippen molar-refractivity contribution in [1.82, 2.24) is 4.90 Å². The highest BCUT2D eigenvalue weighted by atomic mass is 15.1. The molecule has 3 rings (SSSR count). The standard InChI is InChI=1S/C16H24N2/c17-13-16(7-4-8-16)15-6-3-5-14(11-15)12-18-9-1-2-10-18/h3,5-6,11H,1-2,4,7-10,12-13,17H2. The van der Waals surface area contributed by atoms with Crippen molar-refractivity contribution in [2.45, 2.75) is 44.1 Å². The Morgan fingerprint density at radius 1 is 1.11 bits per heavy atom. The van der Waals surface area contributed by atoms with Gasteiger partial charge in [0.15, 0.2) is 0 Å². The van der Waals surface area contributed by atoms with E-state index in [2.05, 4.69) is 29.2 Å². The van der Waals surface area contributed by atoms with Crippen molar-refractivity contribution in [1.29, 1.82) is 0 Å². The SMILES string of the molecule is NCC1(c2cccc(CN3CCCC3)c2)CCC1. The molecule has 98 valence electrons. The summed E-state index contributed by atoms with van der Waals surface area (Å²) in [6.45, 7) is 4.47. The van der Waals surface area contributed by atoms with Crippen LogP contribution in [0.15, 0.2) is 24.3 Å². The molecule has 0 atom stereocenters. The van der Waals surface area contributed by atoms with Gasteiger partial charge in [-0.05, 0) is 49.9 Å². The van der Waals surface area contributed by atoms with E-state index in [1.54, 1.807) is 0 Å². The second kappa shape index (κ2) is 5.02. The summed E-state index contributed by atoms with van der Waals surface area (Å²) in [5.74, 6) is 0. The summed E-state index contributed by atoms with van der Waals surface area (Å²) in [5.41, 5.74) is 9.26. The topological polar surface area (TPSA) is 29.3 Å². The van der Waals surface area contributed by atoms with Crippen LogP contribution < -0.4 is 5.73 Å². The van der Waals surface area contributed by atoms with Crippen LogP contribution in [0.25, 0.3) is 0 Å². The summed E-state index contributed by atoms with van der Waals surface area (Å²) in [7, 11) is 0. The van der Waals surface area contributed by atoms with Gasteiger partial charge >= 0.3 is 0 Å². The highest BCUT2D eigenvalue weighted by Crippen LogP contribution is 2.43. The van der Waals surface area contributed by atoms with E-state index in [0.717, 1.165) is 13.1 Å². The average Bonchev–Trinajstić information content (AvgIpc) is 2.82. The molecule has 1 saturated carbocycles. The number of nitrogens with two attached hydrogens (primary N) is 1. The van der Waals surface area contributed by atoms with Crippen LogP contribution >= 0.6 is 0 Å². The maximum absolute atomic E-state index is 6.00. The monoisotopic (exact) mass is 244 g/mol. The van der Waals surface area contributed by atoms with Crippen LogP contribution in [-0.2, 0) is 12.0 Å². The van der Waals surface area contributed by atoms with Gasteiger partial charge in [-0.3, -0.25) is 4.90 Å². The molecular formula is C16H24N2. The molecule has 1 saturated heterocycles. The van der Waals surface area contributed by atoms with E-state index < -0.39 is 0 Å². The fourth-order valence-electron chi connectivity index (χ4n) is 3.41. The Hall–Kier alpha value is -0.860. The summed E-state index contributed by atoms with van der Waals surface area (Å²) in [4.78, 5) is 2.56. The molecule has 2 nitrogen and oxygen atoms in total. The first-order valence-electron chi connectivity index (χ1n) is 7.34. The van der Waals surface area contributed by atoms with Gasteiger partial charge < -0.3 is 5.73 Å². The summed E-state index contributed by atoms with van der Waals surface area (Å²) in [5, 5.41) is 0.